The van der Waals surface area contributed by atoms with Gasteiger partial charge in [-0.15, -0.1) is 11.3 Å². The summed E-state index contributed by atoms with van der Waals surface area (Å²) in [5, 5.41) is 4.86. The summed E-state index contributed by atoms with van der Waals surface area (Å²) in [4.78, 5) is 6.00. The molecule has 3 nitrogen and oxygen atoms in total. The van der Waals surface area contributed by atoms with E-state index in [2.05, 4.69) is 24.1 Å². The second-order valence-electron chi connectivity index (χ2n) is 4.66. The summed E-state index contributed by atoms with van der Waals surface area (Å²) in [5.74, 6) is 0. The Labute approximate surface area is 108 Å². The van der Waals surface area contributed by atoms with Gasteiger partial charge in [-0.25, -0.2) is 4.98 Å². The third-order valence-electron chi connectivity index (χ3n) is 3.11. The maximum Gasteiger partial charge on any atom is 0.0931 e. The maximum absolute atomic E-state index is 5.47. The quantitative estimate of drug-likeness (QED) is 0.877. The molecule has 0 amide bonds. The molecule has 0 unspecified atom stereocenters. The van der Waals surface area contributed by atoms with Crippen molar-refractivity contribution < 1.29 is 4.74 Å². The molecule has 0 aliphatic carbocycles. The minimum Gasteiger partial charge on any atom is -0.380 e. The van der Waals surface area contributed by atoms with E-state index < -0.39 is 0 Å². The highest BCUT2D eigenvalue weighted by molar-refractivity contribution is 7.11. The molecule has 96 valence electrons. The minimum absolute atomic E-state index is 0.528. The van der Waals surface area contributed by atoms with Gasteiger partial charge in [-0.05, 0) is 32.6 Å². The molecule has 1 aliphatic rings. The summed E-state index contributed by atoms with van der Waals surface area (Å²) < 4.78 is 5.47. The monoisotopic (exact) mass is 254 g/mol. The van der Waals surface area contributed by atoms with Crippen LogP contribution >= 0.6 is 11.3 Å². The zero-order chi connectivity index (χ0) is 12.1. The van der Waals surface area contributed by atoms with Crippen LogP contribution in [0.3, 0.4) is 0 Å². The third kappa shape index (κ3) is 3.76. The Hall–Kier alpha value is -0.450. The fraction of sp³-hybridized carbons (Fsp3) is 0.769. The van der Waals surface area contributed by atoms with Crippen molar-refractivity contribution in [2.24, 2.45) is 0 Å². The van der Waals surface area contributed by atoms with Gasteiger partial charge in [-0.1, -0.05) is 6.92 Å². The van der Waals surface area contributed by atoms with E-state index in [1.165, 1.54) is 34.8 Å². The molecule has 1 atom stereocenters. The van der Waals surface area contributed by atoms with Crippen molar-refractivity contribution in [2.75, 3.05) is 13.2 Å². The summed E-state index contributed by atoms with van der Waals surface area (Å²) in [7, 11) is 0. The van der Waals surface area contributed by atoms with Gasteiger partial charge in [0, 0.05) is 24.1 Å². The number of hydrogen-bond donors (Lipinski definition) is 1. The smallest absolute Gasteiger partial charge is 0.0931 e. The molecule has 0 bridgehead atoms. The number of aromatic nitrogens is 1. The van der Waals surface area contributed by atoms with Crippen molar-refractivity contribution in [3.63, 3.8) is 0 Å². The van der Waals surface area contributed by atoms with Crippen LogP contribution in [0.15, 0.2) is 0 Å². The summed E-state index contributed by atoms with van der Waals surface area (Å²) in [6.45, 7) is 7.05. The first kappa shape index (κ1) is 13.0. The van der Waals surface area contributed by atoms with E-state index in [9.17, 15) is 0 Å². The molecular formula is C13H22N2OS. The lowest BCUT2D eigenvalue weighted by atomic mass is 10.1. The second-order valence-corrected chi connectivity index (χ2v) is 5.83. The molecule has 17 heavy (non-hydrogen) atoms. The van der Waals surface area contributed by atoms with Gasteiger partial charge in [-0.2, -0.15) is 0 Å². The lowest BCUT2D eigenvalue weighted by Crippen LogP contribution is -2.36. The molecule has 1 saturated heterocycles. The molecule has 4 heteroatoms. The first-order chi connectivity index (χ1) is 8.29. The van der Waals surface area contributed by atoms with E-state index in [0.29, 0.717) is 6.04 Å². The highest BCUT2D eigenvalue weighted by Crippen LogP contribution is 2.19. The SMILES string of the molecule is CCCc1nc(C)c(CN[C@H]2CCCOC2)s1. The Morgan fingerprint density at radius 3 is 3.12 bits per heavy atom. The van der Waals surface area contributed by atoms with Crippen LogP contribution in [0.1, 0.15) is 41.8 Å². The standard InChI is InChI=1S/C13H22N2OS/c1-3-5-13-15-10(2)12(17-13)8-14-11-6-4-7-16-9-11/h11,14H,3-9H2,1-2H3/t11-/m0/s1. The number of aryl methyl sites for hydroxylation is 2. The van der Waals surface area contributed by atoms with Crippen molar-refractivity contribution in [1.82, 2.24) is 10.3 Å². The van der Waals surface area contributed by atoms with Gasteiger partial charge in [0.25, 0.3) is 0 Å². The van der Waals surface area contributed by atoms with Crippen LogP contribution in [-0.4, -0.2) is 24.2 Å². The first-order valence-electron chi connectivity index (χ1n) is 6.56. The van der Waals surface area contributed by atoms with Crippen LogP contribution in [-0.2, 0) is 17.7 Å². The Kier molecular flexibility index (Phi) is 4.95. The third-order valence-corrected chi connectivity index (χ3v) is 4.33. The molecule has 0 saturated carbocycles. The maximum atomic E-state index is 5.47. The molecule has 1 N–H and O–H groups in total. The predicted molar refractivity (Wildman–Crippen MR) is 71.5 cm³/mol. The van der Waals surface area contributed by atoms with Gasteiger partial charge in [0.1, 0.15) is 0 Å². The number of ether oxygens (including phenoxy) is 1. The van der Waals surface area contributed by atoms with Gasteiger partial charge >= 0.3 is 0 Å². The number of thiazole rings is 1. The van der Waals surface area contributed by atoms with E-state index in [1.54, 1.807) is 0 Å². The zero-order valence-electron chi connectivity index (χ0n) is 10.8. The Bertz CT molecular complexity index is 345. The van der Waals surface area contributed by atoms with Crippen LogP contribution in [0.4, 0.5) is 0 Å². The number of rotatable bonds is 5. The van der Waals surface area contributed by atoms with Crippen LogP contribution in [0.5, 0.6) is 0 Å². The van der Waals surface area contributed by atoms with E-state index in [4.69, 9.17) is 4.74 Å². The summed E-state index contributed by atoms with van der Waals surface area (Å²) in [6.07, 6.45) is 4.70. The fourth-order valence-corrected chi connectivity index (χ4v) is 3.23. The Morgan fingerprint density at radius 2 is 2.41 bits per heavy atom. The van der Waals surface area contributed by atoms with Crippen molar-refractivity contribution in [2.45, 2.75) is 52.1 Å². The second kappa shape index (κ2) is 6.47. The van der Waals surface area contributed by atoms with Crippen LogP contribution < -0.4 is 5.32 Å². The lowest BCUT2D eigenvalue weighted by Gasteiger charge is -2.22. The summed E-state index contributed by atoms with van der Waals surface area (Å²) >= 11 is 1.86. The van der Waals surface area contributed by atoms with Gasteiger partial charge in [0.2, 0.25) is 0 Å². The van der Waals surface area contributed by atoms with E-state index in [-0.39, 0.29) is 0 Å². The van der Waals surface area contributed by atoms with Gasteiger partial charge in [0.15, 0.2) is 0 Å². The van der Waals surface area contributed by atoms with Crippen LogP contribution in [0.25, 0.3) is 0 Å². The van der Waals surface area contributed by atoms with Crippen molar-refractivity contribution >= 4 is 11.3 Å². The minimum atomic E-state index is 0.528. The van der Waals surface area contributed by atoms with Crippen LogP contribution in [0, 0.1) is 6.92 Å². The fourth-order valence-electron chi connectivity index (χ4n) is 2.11. The molecule has 1 aromatic rings. The topological polar surface area (TPSA) is 34.2 Å². The van der Waals surface area contributed by atoms with Crippen molar-refractivity contribution in [3.05, 3.63) is 15.6 Å². The molecule has 0 spiro atoms. The number of hydrogen-bond acceptors (Lipinski definition) is 4. The van der Waals surface area contributed by atoms with Crippen molar-refractivity contribution in [3.8, 4) is 0 Å². The largest absolute Gasteiger partial charge is 0.380 e. The van der Waals surface area contributed by atoms with Crippen LogP contribution in [0.2, 0.25) is 0 Å². The molecule has 1 fully saturated rings. The van der Waals surface area contributed by atoms with E-state index in [0.717, 1.165) is 26.2 Å². The average molecular weight is 254 g/mol. The Morgan fingerprint density at radius 1 is 1.53 bits per heavy atom. The first-order valence-corrected chi connectivity index (χ1v) is 7.37. The van der Waals surface area contributed by atoms with Gasteiger partial charge < -0.3 is 10.1 Å². The average Bonchev–Trinajstić information content (AvgIpc) is 2.69. The normalized spacial score (nSPS) is 20.7. The molecular weight excluding hydrogens is 232 g/mol. The lowest BCUT2D eigenvalue weighted by molar-refractivity contribution is 0.0700. The van der Waals surface area contributed by atoms with E-state index >= 15 is 0 Å². The number of nitrogens with one attached hydrogen (secondary N) is 1. The van der Waals surface area contributed by atoms with E-state index in [1.807, 2.05) is 11.3 Å². The predicted octanol–water partition coefficient (Wildman–Crippen LogP) is 2.67. The molecule has 0 aromatic carbocycles. The molecule has 2 rings (SSSR count). The molecule has 1 aliphatic heterocycles. The van der Waals surface area contributed by atoms with Gasteiger partial charge in [0.05, 0.1) is 17.3 Å². The highest BCUT2D eigenvalue weighted by Gasteiger charge is 2.14. The van der Waals surface area contributed by atoms with Crippen molar-refractivity contribution in [1.29, 1.82) is 0 Å². The van der Waals surface area contributed by atoms with Gasteiger partial charge in [-0.3, -0.25) is 0 Å². The summed E-state index contributed by atoms with van der Waals surface area (Å²) in [6, 6.07) is 0.528. The molecule has 2 heterocycles. The highest BCUT2D eigenvalue weighted by atomic mass is 32.1. The Balaban J connectivity index is 1.84. The zero-order valence-corrected chi connectivity index (χ0v) is 11.6. The summed E-state index contributed by atoms with van der Waals surface area (Å²) in [5.41, 5.74) is 1.20. The molecule has 0 radical (unpaired) electrons. The number of nitrogens with zero attached hydrogens (tertiary/aromatic N) is 1. The molecule has 1 aromatic heterocycles.